The van der Waals surface area contributed by atoms with Gasteiger partial charge in [0, 0.05) is 25.0 Å². The molecular formula is C28H24N4O. The summed E-state index contributed by atoms with van der Waals surface area (Å²) in [6.07, 6.45) is 12.0. The van der Waals surface area contributed by atoms with E-state index in [-0.39, 0.29) is 0 Å². The molecule has 5 rings (SSSR count). The van der Waals surface area contributed by atoms with Gasteiger partial charge in [-0.2, -0.15) is 5.10 Å². The van der Waals surface area contributed by atoms with Crippen LogP contribution in [0.15, 0.2) is 85.2 Å². The lowest BCUT2D eigenvalue weighted by molar-refractivity contribution is 0.301. The molecule has 0 fully saturated rings. The molecule has 5 heteroatoms. The second-order valence-electron chi connectivity index (χ2n) is 7.84. The Morgan fingerprint density at radius 3 is 2.58 bits per heavy atom. The molecule has 33 heavy (non-hydrogen) atoms. The summed E-state index contributed by atoms with van der Waals surface area (Å²) in [6, 6.07) is 24.4. The first-order valence-corrected chi connectivity index (χ1v) is 10.8. The summed E-state index contributed by atoms with van der Waals surface area (Å²) in [4.78, 5) is 4.27. The molecule has 0 atom stereocenters. The number of hydrogen-bond donors (Lipinski definition) is 1. The molecule has 0 aliphatic heterocycles. The lowest BCUT2D eigenvalue weighted by Gasteiger charge is -2.05. The maximum atomic E-state index is 5.79. The molecule has 162 valence electrons. The topological polar surface area (TPSA) is 55.7 Å². The van der Waals surface area contributed by atoms with Crippen LogP contribution in [0.1, 0.15) is 28.2 Å². The first-order chi connectivity index (χ1) is 16.2. The van der Waals surface area contributed by atoms with Crippen molar-refractivity contribution in [3.8, 4) is 5.75 Å². The van der Waals surface area contributed by atoms with E-state index in [2.05, 4.69) is 63.3 Å². The fourth-order valence-electron chi connectivity index (χ4n) is 3.59. The van der Waals surface area contributed by atoms with E-state index in [0.29, 0.717) is 6.61 Å². The second kappa shape index (κ2) is 9.40. The fourth-order valence-corrected chi connectivity index (χ4v) is 3.59. The molecule has 0 radical (unpaired) electrons. The van der Waals surface area contributed by atoms with Crippen molar-refractivity contribution in [3.63, 3.8) is 0 Å². The molecule has 0 bridgehead atoms. The maximum Gasteiger partial charge on any atom is 0.130 e. The molecule has 0 aliphatic carbocycles. The Bertz CT molecular complexity index is 1410. The third-order valence-electron chi connectivity index (χ3n) is 5.42. The first kappa shape index (κ1) is 20.5. The molecule has 0 unspecified atom stereocenters. The van der Waals surface area contributed by atoms with Gasteiger partial charge in [-0.15, -0.1) is 0 Å². The number of ether oxygens (including phenoxy) is 1. The van der Waals surface area contributed by atoms with Crippen LogP contribution in [0.3, 0.4) is 0 Å². The average molecular weight is 433 g/mol. The Balaban J connectivity index is 1.19. The Hall–Kier alpha value is -4.38. The van der Waals surface area contributed by atoms with E-state index in [0.717, 1.165) is 34.0 Å². The van der Waals surface area contributed by atoms with Gasteiger partial charge in [-0.25, -0.2) is 0 Å². The zero-order valence-corrected chi connectivity index (χ0v) is 18.3. The van der Waals surface area contributed by atoms with Crippen molar-refractivity contribution < 1.29 is 4.74 Å². The van der Waals surface area contributed by atoms with Crippen molar-refractivity contribution in [2.24, 2.45) is 7.05 Å². The van der Waals surface area contributed by atoms with Gasteiger partial charge in [0.2, 0.25) is 0 Å². The molecule has 2 aromatic carbocycles. The van der Waals surface area contributed by atoms with E-state index in [1.807, 2.05) is 66.8 Å². The van der Waals surface area contributed by atoms with Gasteiger partial charge in [0.05, 0.1) is 17.1 Å². The van der Waals surface area contributed by atoms with Crippen molar-refractivity contribution in [2.75, 3.05) is 0 Å². The zero-order chi connectivity index (χ0) is 22.5. The summed E-state index contributed by atoms with van der Waals surface area (Å²) in [6.45, 7) is 0.457. The number of hydrogen-bond acceptors (Lipinski definition) is 3. The van der Waals surface area contributed by atoms with E-state index >= 15 is 0 Å². The minimum Gasteiger partial charge on any atom is -0.487 e. The number of rotatable bonds is 7. The number of aromatic nitrogens is 4. The predicted molar refractivity (Wildman–Crippen MR) is 134 cm³/mol. The normalized spacial score (nSPS) is 11.7. The summed E-state index contributed by atoms with van der Waals surface area (Å²) in [5, 5.41) is 8.71. The lowest BCUT2D eigenvalue weighted by atomic mass is 10.1. The summed E-state index contributed by atoms with van der Waals surface area (Å²) in [5.41, 5.74) is 6.20. The van der Waals surface area contributed by atoms with Crippen molar-refractivity contribution in [1.29, 1.82) is 0 Å². The number of fused-ring (bicyclic) bond motifs is 1. The molecule has 0 amide bonds. The van der Waals surface area contributed by atoms with Gasteiger partial charge in [0.1, 0.15) is 12.4 Å². The molecule has 5 nitrogen and oxygen atoms in total. The Labute approximate surface area is 192 Å². The molecule has 0 aliphatic rings. The van der Waals surface area contributed by atoms with Crippen LogP contribution < -0.4 is 4.74 Å². The van der Waals surface area contributed by atoms with Crippen molar-refractivity contribution in [1.82, 2.24) is 19.7 Å². The van der Waals surface area contributed by atoms with Crippen LogP contribution in [-0.2, 0) is 13.7 Å². The Kier molecular flexibility index (Phi) is 5.85. The number of nitrogens with zero attached hydrogens (tertiary/aromatic N) is 3. The Morgan fingerprint density at radius 2 is 1.73 bits per heavy atom. The predicted octanol–water partition coefficient (Wildman–Crippen LogP) is 6.22. The SMILES string of the molecule is Cn1ccc2ccc(/C=C/c3cc(/C=C/c4ccc(OCc5ccccn5)cc4)n[nH]3)cc21. The highest BCUT2D eigenvalue weighted by Crippen LogP contribution is 2.19. The minimum atomic E-state index is 0.457. The summed E-state index contributed by atoms with van der Waals surface area (Å²) in [5.74, 6) is 0.818. The molecule has 0 saturated carbocycles. The molecular weight excluding hydrogens is 408 g/mol. The van der Waals surface area contributed by atoms with Gasteiger partial charge in [0.25, 0.3) is 0 Å². The second-order valence-corrected chi connectivity index (χ2v) is 7.84. The van der Waals surface area contributed by atoms with Crippen LogP contribution in [0.25, 0.3) is 35.2 Å². The molecule has 5 aromatic rings. The lowest BCUT2D eigenvalue weighted by Crippen LogP contribution is -1.97. The average Bonchev–Trinajstić information content (AvgIpc) is 3.48. The molecule has 3 aromatic heterocycles. The van der Waals surface area contributed by atoms with Gasteiger partial charge in [-0.05, 0) is 71.1 Å². The quantitative estimate of drug-likeness (QED) is 0.332. The van der Waals surface area contributed by atoms with Gasteiger partial charge < -0.3 is 9.30 Å². The van der Waals surface area contributed by atoms with E-state index in [9.17, 15) is 0 Å². The molecule has 3 heterocycles. The number of H-pyrrole nitrogens is 1. The fraction of sp³-hybridized carbons (Fsp3) is 0.0714. The van der Waals surface area contributed by atoms with E-state index in [1.54, 1.807) is 6.20 Å². The molecule has 1 N–H and O–H groups in total. The van der Waals surface area contributed by atoms with Crippen molar-refractivity contribution in [2.45, 2.75) is 6.61 Å². The van der Waals surface area contributed by atoms with Crippen LogP contribution in [0.5, 0.6) is 5.75 Å². The van der Waals surface area contributed by atoms with Crippen LogP contribution in [0.2, 0.25) is 0 Å². The standard InChI is InChI=1S/C28H24N4O/c1-32-17-15-23-10-5-22(18-28(23)32)7-12-25-19-24(30-31-25)11-6-21-8-13-27(14-9-21)33-20-26-4-2-3-16-29-26/h2-19H,20H2,1H3,(H,30,31)/b11-6+,12-7+. The van der Waals surface area contributed by atoms with E-state index in [4.69, 9.17) is 4.74 Å². The largest absolute Gasteiger partial charge is 0.487 e. The number of aryl methyl sites for hydroxylation is 1. The van der Waals surface area contributed by atoms with Gasteiger partial charge >= 0.3 is 0 Å². The molecule has 0 saturated heterocycles. The third-order valence-corrected chi connectivity index (χ3v) is 5.42. The van der Waals surface area contributed by atoms with Crippen LogP contribution in [0.4, 0.5) is 0 Å². The third kappa shape index (κ3) is 5.10. The van der Waals surface area contributed by atoms with Gasteiger partial charge in [-0.1, -0.05) is 42.5 Å². The Morgan fingerprint density at radius 1 is 0.879 bits per heavy atom. The van der Waals surface area contributed by atoms with Gasteiger partial charge in [-0.3, -0.25) is 10.1 Å². The van der Waals surface area contributed by atoms with E-state index in [1.165, 1.54) is 10.9 Å². The summed E-state index contributed by atoms with van der Waals surface area (Å²) in [7, 11) is 2.06. The number of nitrogens with one attached hydrogen (secondary N) is 1. The van der Waals surface area contributed by atoms with Crippen molar-refractivity contribution in [3.05, 3.63) is 113 Å². The monoisotopic (exact) mass is 432 g/mol. The smallest absolute Gasteiger partial charge is 0.130 e. The summed E-state index contributed by atoms with van der Waals surface area (Å²) < 4.78 is 7.92. The maximum absolute atomic E-state index is 5.79. The first-order valence-electron chi connectivity index (χ1n) is 10.8. The van der Waals surface area contributed by atoms with Crippen LogP contribution in [0, 0.1) is 0 Å². The van der Waals surface area contributed by atoms with Crippen LogP contribution in [-0.4, -0.2) is 19.7 Å². The van der Waals surface area contributed by atoms with Crippen LogP contribution >= 0.6 is 0 Å². The van der Waals surface area contributed by atoms with Gasteiger partial charge in [0.15, 0.2) is 0 Å². The number of benzene rings is 2. The number of pyridine rings is 1. The van der Waals surface area contributed by atoms with Crippen molar-refractivity contribution >= 4 is 35.2 Å². The highest BCUT2D eigenvalue weighted by Gasteiger charge is 2.00. The van der Waals surface area contributed by atoms with E-state index < -0.39 is 0 Å². The molecule has 0 spiro atoms. The highest BCUT2D eigenvalue weighted by molar-refractivity contribution is 5.84. The minimum absolute atomic E-state index is 0.457. The zero-order valence-electron chi connectivity index (χ0n) is 18.3. The summed E-state index contributed by atoms with van der Waals surface area (Å²) >= 11 is 0. The highest BCUT2D eigenvalue weighted by atomic mass is 16.5. The number of aromatic amines is 1.